The Hall–Kier alpha value is -2.60. The number of carbonyl (C=O) groups excluding carboxylic acids is 2. The predicted molar refractivity (Wildman–Crippen MR) is 110 cm³/mol. The summed E-state index contributed by atoms with van der Waals surface area (Å²) in [6.45, 7) is 3.88. The van der Waals surface area contributed by atoms with Crippen LogP contribution in [0, 0.1) is 17.2 Å². The number of nitrogens with zero attached hydrogens (tertiary/aromatic N) is 2. The van der Waals surface area contributed by atoms with Crippen LogP contribution in [0.2, 0.25) is 0 Å². The Bertz CT molecular complexity index is 820. The van der Waals surface area contributed by atoms with Gasteiger partial charge in [-0.2, -0.15) is 18.4 Å². The first kappa shape index (κ1) is 24.7. The van der Waals surface area contributed by atoms with Gasteiger partial charge in [0.05, 0.1) is 18.2 Å². The van der Waals surface area contributed by atoms with Crippen molar-refractivity contribution in [3.05, 3.63) is 35.4 Å². The second-order valence-corrected chi connectivity index (χ2v) is 8.28. The van der Waals surface area contributed by atoms with Crippen molar-refractivity contribution < 1.29 is 22.8 Å². The molecule has 170 valence electrons. The van der Waals surface area contributed by atoms with Crippen molar-refractivity contribution in [1.82, 2.24) is 15.5 Å². The molecule has 2 amide bonds. The van der Waals surface area contributed by atoms with Crippen molar-refractivity contribution in [3.63, 3.8) is 0 Å². The van der Waals surface area contributed by atoms with E-state index < -0.39 is 23.6 Å². The Labute approximate surface area is 180 Å². The third-order valence-corrected chi connectivity index (χ3v) is 5.91. The number of hydrogen-bond donors (Lipinski definition) is 2. The summed E-state index contributed by atoms with van der Waals surface area (Å²) in [6, 6.07) is 6.78. The summed E-state index contributed by atoms with van der Waals surface area (Å²) in [5.74, 6) is -1.17. The van der Waals surface area contributed by atoms with Gasteiger partial charge in [0.1, 0.15) is 0 Å². The highest BCUT2D eigenvalue weighted by Gasteiger charge is 2.34. The molecule has 1 aromatic rings. The lowest BCUT2D eigenvalue weighted by molar-refractivity contribution is -0.137. The molecule has 0 spiro atoms. The van der Waals surface area contributed by atoms with Crippen LogP contribution in [0.3, 0.4) is 0 Å². The van der Waals surface area contributed by atoms with Crippen LogP contribution in [0.4, 0.5) is 13.2 Å². The molecule has 0 aliphatic heterocycles. The van der Waals surface area contributed by atoms with Gasteiger partial charge in [0.25, 0.3) is 5.91 Å². The standard InChI is InChI=1S/C22H29F3N4O2/c1-14(2)29(3)18-7-8-19(15(12-18)9-10-26)28-20(30)13-27-21(31)16-5-4-6-17(11-16)22(23,24)25/h4-6,11,14-15,18-19H,7-9,12-13H2,1-3H3,(H,27,31)(H,28,30)/t15-,18-,19+/m1/s1. The van der Waals surface area contributed by atoms with Gasteiger partial charge in [-0.1, -0.05) is 6.07 Å². The first-order chi connectivity index (χ1) is 14.5. The smallest absolute Gasteiger partial charge is 0.352 e. The van der Waals surface area contributed by atoms with Crippen molar-refractivity contribution in [2.75, 3.05) is 13.6 Å². The van der Waals surface area contributed by atoms with Crippen LogP contribution in [0.1, 0.15) is 55.5 Å². The van der Waals surface area contributed by atoms with E-state index in [0.29, 0.717) is 18.5 Å². The predicted octanol–water partition coefficient (Wildman–Crippen LogP) is 3.34. The average Bonchev–Trinajstić information content (AvgIpc) is 2.72. The van der Waals surface area contributed by atoms with Gasteiger partial charge in [0, 0.05) is 30.1 Å². The van der Waals surface area contributed by atoms with Crippen molar-refractivity contribution >= 4 is 11.8 Å². The lowest BCUT2D eigenvalue weighted by atomic mass is 9.79. The molecule has 6 nitrogen and oxygen atoms in total. The van der Waals surface area contributed by atoms with Crippen LogP contribution >= 0.6 is 0 Å². The van der Waals surface area contributed by atoms with Crippen molar-refractivity contribution in [1.29, 1.82) is 5.26 Å². The van der Waals surface area contributed by atoms with Gasteiger partial charge in [-0.15, -0.1) is 0 Å². The number of carbonyl (C=O) groups is 2. The van der Waals surface area contributed by atoms with Gasteiger partial charge in [0.2, 0.25) is 5.91 Å². The molecular weight excluding hydrogens is 409 g/mol. The van der Waals surface area contributed by atoms with E-state index in [1.165, 1.54) is 6.07 Å². The van der Waals surface area contributed by atoms with Crippen LogP contribution in [-0.2, 0) is 11.0 Å². The molecular formula is C22H29F3N4O2. The largest absolute Gasteiger partial charge is 0.416 e. The molecule has 31 heavy (non-hydrogen) atoms. The van der Waals surface area contributed by atoms with Crippen LogP contribution in [0.5, 0.6) is 0 Å². The molecule has 1 aliphatic rings. The third kappa shape index (κ3) is 6.96. The lowest BCUT2D eigenvalue weighted by Crippen LogP contribution is -2.51. The Morgan fingerprint density at radius 3 is 2.61 bits per heavy atom. The molecule has 9 heteroatoms. The van der Waals surface area contributed by atoms with Crippen molar-refractivity contribution in [2.45, 2.75) is 63.8 Å². The number of amides is 2. The third-order valence-electron chi connectivity index (χ3n) is 5.91. The molecule has 3 atom stereocenters. The monoisotopic (exact) mass is 438 g/mol. The second kappa shape index (κ2) is 10.6. The maximum absolute atomic E-state index is 12.8. The fourth-order valence-electron chi connectivity index (χ4n) is 3.92. The minimum absolute atomic E-state index is 0.00747. The highest BCUT2D eigenvalue weighted by molar-refractivity contribution is 5.96. The SMILES string of the molecule is CC(C)N(C)[C@@H]1CC[C@H](NC(=O)CNC(=O)c2cccc(C(F)(F)F)c2)[C@H](CC#N)C1. The fourth-order valence-corrected chi connectivity index (χ4v) is 3.92. The van der Waals surface area contributed by atoms with E-state index >= 15 is 0 Å². The summed E-state index contributed by atoms with van der Waals surface area (Å²) in [4.78, 5) is 26.8. The number of benzene rings is 1. The zero-order chi connectivity index (χ0) is 23.2. The minimum Gasteiger partial charge on any atom is -0.352 e. The number of nitrogens with one attached hydrogen (secondary N) is 2. The average molecular weight is 438 g/mol. The van der Waals surface area contributed by atoms with Gasteiger partial charge in [0.15, 0.2) is 0 Å². The quantitative estimate of drug-likeness (QED) is 0.684. The second-order valence-electron chi connectivity index (χ2n) is 8.28. The van der Waals surface area contributed by atoms with Gasteiger partial charge in [-0.3, -0.25) is 9.59 Å². The maximum Gasteiger partial charge on any atom is 0.416 e. The summed E-state index contributed by atoms with van der Waals surface area (Å²) in [5, 5.41) is 14.4. The van der Waals surface area contributed by atoms with E-state index in [0.717, 1.165) is 37.5 Å². The number of alkyl halides is 3. The molecule has 0 bridgehead atoms. The van der Waals surface area contributed by atoms with Crippen LogP contribution < -0.4 is 10.6 Å². The molecule has 2 N–H and O–H groups in total. The number of halogens is 3. The first-order valence-corrected chi connectivity index (χ1v) is 10.4. The summed E-state index contributed by atoms with van der Waals surface area (Å²) in [7, 11) is 2.06. The fraction of sp³-hybridized carbons (Fsp3) is 0.591. The molecule has 1 saturated carbocycles. The Morgan fingerprint density at radius 1 is 1.29 bits per heavy atom. The molecule has 2 rings (SSSR count). The van der Waals surface area contributed by atoms with E-state index in [4.69, 9.17) is 0 Å². The topological polar surface area (TPSA) is 85.2 Å². The van der Waals surface area contributed by atoms with E-state index in [1.54, 1.807) is 0 Å². The molecule has 1 aliphatic carbocycles. The Kier molecular flexibility index (Phi) is 8.45. The Morgan fingerprint density at radius 2 is 2.00 bits per heavy atom. The summed E-state index contributed by atoms with van der Waals surface area (Å²) in [6.07, 6.45) is -1.82. The maximum atomic E-state index is 12.8. The van der Waals surface area contributed by atoms with Gasteiger partial charge in [-0.25, -0.2) is 0 Å². The number of nitriles is 1. The lowest BCUT2D eigenvalue weighted by Gasteiger charge is -2.41. The van der Waals surface area contributed by atoms with E-state index in [2.05, 4.69) is 42.5 Å². The molecule has 0 heterocycles. The number of hydrogen-bond acceptors (Lipinski definition) is 4. The van der Waals surface area contributed by atoms with Crippen LogP contribution in [0.25, 0.3) is 0 Å². The van der Waals surface area contributed by atoms with Crippen LogP contribution in [-0.4, -0.2) is 48.4 Å². The molecule has 1 aromatic carbocycles. The van der Waals surface area contributed by atoms with E-state index in [-0.39, 0.29) is 24.1 Å². The van der Waals surface area contributed by atoms with E-state index in [1.807, 2.05) is 0 Å². The van der Waals surface area contributed by atoms with Gasteiger partial charge >= 0.3 is 6.18 Å². The number of rotatable bonds is 7. The summed E-state index contributed by atoms with van der Waals surface area (Å²) >= 11 is 0. The molecule has 0 unspecified atom stereocenters. The first-order valence-electron chi connectivity index (χ1n) is 10.4. The zero-order valence-corrected chi connectivity index (χ0v) is 18.0. The highest BCUT2D eigenvalue weighted by Crippen LogP contribution is 2.31. The Balaban J connectivity index is 1.91. The molecule has 0 radical (unpaired) electrons. The molecule has 0 aromatic heterocycles. The van der Waals surface area contributed by atoms with Gasteiger partial charge < -0.3 is 15.5 Å². The van der Waals surface area contributed by atoms with Crippen LogP contribution in [0.15, 0.2) is 24.3 Å². The van der Waals surface area contributed by atoms with Gasteiger partial charge in [-0.05, 0) is 64.3 Å². The van der Waals surface area contributed by atoms with Crippen molar-refractivity contribution in [2.24, 2.45) is 5.92 Å². The molecule has 1 fully saturated rings. The van der Waals surface area contributed by atoms with E-state index in [9.17, 15) is 28.0 Å². The summed E-state index contributed by atoms with van der Waals surface area (Å²) in [5.41, 5.74) is -1.09. The minimum atomic E-state index is -4.55. The molecule has 0 saturated heterocycles. The summed E-state index contributed by atoms with van der Waals surface area (Å²) < 4.78 is 38.4. The highest BCUT2D eigenvalue weighted by atomic mass is 19.4. The zero-order valence-electron chi connectivity index (χ0n) is 18.0. The van der Waals surface area contributed by atoms with Crippen molar-refractivity contribution in [3.8, 4) is 6.07 Å². The normalized spacial score (nSPS) is 21.6.